The predicted molar refractivity (Wildman–Crippen MR) is 95.8 cm³/mol. The van der Waals surface area contributed by atoms with Crippen LogP contribution in [0.2, 0.25) is 0 Å². The van der Waals surface area contributed by atoms with E-state index in [1.807, 2.05) is 22.6 Å². The normalized spacial score (nSPS) is 10.8. The van der Waals surface area contributed by atoms with Crippen molar-refractivity contribution in [2.75, 3.05) is 18.5 Å². The van der Waals surface area contributed by atoms with Gasteiger partial charge in [-0.05, 0) is 46.9 Å². The molecule has 0 fully saturated rings. The van der Waals surface area contributed by atoms with E-state index in [0.29, 0.717) is 16.7 Å². The Kier molecular flexibility index (Phi) is 4.95. The molecule has 24 heavy (non-hydrogen) atoms. The molecular weight excluding hydrogens is 428 g/mol. The number of pyridine rings is 1. The summed E-state index contributed by atoms with van der Waals surface area (Å²) < 4.78 is 20.5. The Bertz CT molecular complexity index is 897. The van der Waals surface area contributed by atoms with Gasteiger partial charge < -0.3 is 20.2 Å². The van der Waals surface area contributed by atoms with E-state index < -0.39 is 11.7 Å². The molecular formula is C16H13FIN3O3. The number of carbonyl (C=O) groups is 1. The summed E-state index contributed by atoms with van der Waals surface area (Å²) in [5.41, 5.74) is 0.999. The number of amides is 1. The van der Waals surface area contributed by atoms with E-state index in [1.165, 1.54) is 18.5 Å². The molecule has 3 N–H and O–H groups in total. The third-order valence-corrected chi connectivity index (χ3v) is 3.95. The van der Waals surface area contributed by atoms with Crippen LogP contribution in [0.3, 0.4) is 0 Å². The number of furan rings is 1. The van der Waals surface area contributed by atoms with Gasteiger partial charge in [-0.2, -0.15) is 0 Å². The largest absolute Gasteiger partial charge is 0.448 e. The summed E-state index contributed by atoms with van der Waals surface area (Å²) in [6.07, 6.45) is 3.07. The maximum Gasteiger partial charge on any atom is 0.289 e. The van der Waals surface area contributed by atoms with Gasteiger partial charge in [-0.1, -0.05) is 0 Å². The average Bonchev–Trinajstić information content (AvgIpc) is 2.94. The molecule has 0 aliphatic heterocycles. The van der Waals surface area contributed by atoms with Crippen LogP contribution in [-0.2, 0) is 0 Å². The first-order chi connectivity index (χ1) is 11.6. The predicted octanol–water partition coefficient (Wildman–Crippen LogP) is 3.04. The number of carbonyl (C=O) groups excluding carboxylic acids is 1. The van der Waals surface area contributed by atoms with Gasteiger partial charge in [-0.3, -0.25) is 9.78 Å². The molecule has 0 spiro atoms. The van der Waals surface area contributed by atoms with Crippen molar-refractivity contribution in [3.8, 4) is 0 Å². The van der Waals surface area contributed by atoms with Crippen LogP contribution in [0.4, 0.5) is 15.8 Å². The van der Waals surface area contributed by atoms with Gasteiger partial charge >= 0.3 is 0 Å². The highest BCUT2D eigenvalue weighted by atomic mass is 127. The summed E-state index contributed by atoms with van der Waals surface area (Å²) in [5, 5.41) is 14.8. The third kappa shape index (κ3) is 3.34. The second-order valence-electron chi connectivity index (χ2n) is 4.91. The fourth-order valence-corrected chi connectivity index (χ4v) is 2.65. The SMILES string of the molecule is O=C(NCCO)c1oc2ccncc2c1Nc1ccc(I)cc1F. The third-order valence-electron chi connectivity index (χ3n) is 3.28. The second-order valence-corrected chi connectivity index (χ2v) is 6.15. The summed E-state index contributed by atoms with van der Waals surface area (Å²) in [6, 6.07) is 6.34. The molecule has 0 atom stereocenters. The number of aliphatic hydroxyl groups excluding tert-OH is 1. The minimum atomic E-state index is -0.506. The number of halogens is 2. The lowest BCUT2D eigenvalue weighted by molar-refractivity contribution is 0.0920. The number of fused-ring (bicyclic) bond motifs is 1. The van der Waals surface area contributed by atoms with Gasteiger partial charge in [-0.15, -0.1) is 0 Å². The molecule has 2 aromatic heterocycles. The summed E-state index contributed by atoms with van der Waals surface area (Å²) in [4.78, 5) is 16.3. The van der Waals surface area contributed by atoms with E-state index in [4.69, 9.17) is 9.52 Å². The quantitative estimate of drug-likeness (QED) is 0.530. The average molecular weight is 441 g/mol. The Hall–Kier alpha value is -2.20. The molecule has 3 rings (SSSR count). The lowest BCUT2D eigenvalue weighted by atomic mass is 10.2. The minimum Gasteiger partial charge on any atom is -0.448 e. The highest BCUT2D eigenvalue weighted by Crippen LogP contribution is 2.33. The zero-order valence-electron chi connectivity index (χ0n) is 12.3. The van der Waals surface area contributed by atoms with Crippen molar-refractivity contribution in [1.82, 2.24) is 10.3 Å². The van der Waals surface area contributed by atoms with Crippen LogP contribution in [-0.4, -0.2) is 29.1 Å². The highest BCUT2D eigenvalue weighted by molar-refractivity contribution is 14.1. The number of benzene rings is 1. The molecule has 0 saturated heterocycles. The van der Waals surface area contributed by atoms with E-state index in [9.17, 15) is 9.18 Å². The van der Waals surface area contributed by atoms with Crippen LogP contribution in [0.5, 0.6) is 0 Å². The summed E-state index contributed by atoms with van der Waals surface area (Å²) in [6.45, 7) is -0.104. The van der Waals surface area contributed by atoms with Gasteiger partial charge in [0.2, 0.25) is 5.76 Å². The van der Waals surface area contributed by atoms with Crippen LogP contribution in [0.15, 0.2) is 41.1 Å². The molecule has 6 nitrogen and oxygen atoms in total. The Balaban J connectivity index is 2.05. The number of hydrogen-bond acceptors (Lipinski definition) is 5. The fourth-order valence-electron chi connectivity index (χ4n) is 2.20. The monoisotopic (exact) mass is 441 g/mol. The molecule has 2 heterocycles. The van der Waals surface area contributed by atoms with Crippen molar-refractivity contribution in [3.63, 3.8) is 0 Å². The Morgan fingerprint density at radius 3 is 2.96 bits per heavy atom. The van der Waals surface area contributed by atoms with E-state index in [2.05, 4.69) is 15.6 Å². The zero-order chi connectivity index (χ0) is 17.1. The van der Waals surface area contributed by atoms with Gasteiger partial charge in [0.25, 0.3) is 5.91 Å². The maximum atomic E-state index is 14.1. The van der Waals surface area contributed by atoms with Crippen molar-refractivity contribution < 1.29 is 18.7 Å². The molecule has 0 aliphatic carbocycles. The van der Waals surface area contributed by atoms with Gasteiger partial charge in [0, 0.05) is 22.5 Å². The summed E-state index contributed by atoms with van der Waals surface area (Å²) in [5.74, 6) is -0.945. The Labute approximate surface area is 150 Å². The zero-order valence-corrected chi connectivity index (χ0v) is 14.5. The number of nitrogens with one attached hydrogen (secondary N) is 2. The first kappa shape index (κ1) is 16.7. The van der Waals surface area contributed by atoms with Gasteiger partial charge in [0.15, 0.2) is 0 Å². The molecule has 3 aromatic rings. The number of aromatic nitrogens is 1. The van der Waals surface area contributed by atoms with E-state index >= 15 is 0 Å². The highest BCUT2D eigenvalue weighted by Gasteiger charge is 2.21. The van der Waals surface area contributed by atoms with E-state index in [0.717, 1.165) is 3.57 Å². The summed E-state index contributed by atoms with van der Waals surface area (Å²) >= 11 is 2.01. The molecule has 0 radical (unpaired) electrons. The lowest BCUT2D eigenvalue weighted by Gasteiger charge is -2.09. The fraction of sp³-hybridized carbons (Fsp3) is 0.125. The van der Waals surface area contributed by atoms with Crippen LogP contribution >= 0.6 is 22.6 Å². The van der Waals surface area contributed by atoms with Gasteiger partial charge in [-0.25, -0.2) is 4.39 Å². The molecule has 0 bridgehead atoms. The second kappa shape index (κ2) is 7.14. The summed E-state index contributed by atoms with van der Waals surface area (Å²) in [7, 11) is 0. The molecule has 1 aromatic carbocycles. The molecule has 1 amide bonds. The number of nitrogens with zero attached hydrogens (tertiary/aromatic N) is 1. The Morgan fingerprint density at radius 1 is 1.38 bits per heavy atom. The molecule has 0 aliphatic rings. The topological polar surface area (TPSA) is 87.4 Å². The lowest BCUT2D eigenvalue weighted by Crippen LogP contribution is -2.26. The molecule has 0 unspecified atom stereocenters. The minimum absolute atomic E-state index is 0.00407. The number of aliphatic hydroxyl groups is 1. The van der Waals surface area contributed by atoms with Crippen molar-refractivity contribution in [3.05, 3.63) is 51.8 Å². The number of hydrogen-bond donors (Lipinski definition) is 3. The first-order valence-corrected chi connectivity index (χ1v) is 8.15. The van der Waals surface area contributed by atoms with Crippen LogP contribution < -0.4 is 10.6 Å². The van der Waals surface area contributed by atoms with Crippen LogP contribution in [0, 0.1) is 9.39 Å². The first-order valence-electron chi connectivity index (χ1n) is 7.08. The Morgan fingerprint density at radius 2 is 2.21 bits per heavy atom. The van der Waals surface area contributed by atoms with Crippen LogP contribution in [0.1, 0.15) is 10.6 Å². The molecule has 124 valence electrons. The van der Waals surface area contributed by atoms with E-state index in [1.54, 1.807) is 18.2 Å². The molecule has 8 heteroatoms. The van der Waals surface area contributed by atoms with Crippen molar-refractivity contribution in [2.45, 2.75) is 0 Å². The maximum absolute atomic E-state index is 14.1. The number of rotatable bonds is 5. The smallest absolute Gasteiger partial charge is 0.289 e. The van der Waals surface area contributed by atoms with Crippen molar-refractivity contribution in [1.29, 1.82) is 0 Å². The van der Waals surface area contributed by atoms with Gasteiger partial charge in [0.05, 0.1) is 17.7 Å². The van der Waals surface area contributed by atoms with E-state index in [-0.39, 0.29) is 24.6 Å². The van der Waals surface area contributed by atoms with Crippen molar-refractivity contribution in [2.24, 2.45) is 0 Å². The van der Waals surface area contributed by atoms with Crippen LogP contribution in [0.25, 0.3) is 11.0 Å². The molecule has 0 saturated carbocycles. The number of anilines is 2. The standard InChI is InChI=1S/C16H13FIN3O3/c17-11-7-9(18)1-2-12(11)21-14-10-8-19-4-3-13(10)24-15(14)16(23)20-5-6-22/h1-4,7-8,21-22H,5-6H2,(H,20,23). The van der Waals surface area contributed by atoms with Gasteiger partial charge in [0.1, 0.15) is 17.1 Å². The van der Waals surface area contributed by atoms with Crippen molar-refractivity contribution >= 4 is 50.8 Å².